The van der Waals surface area contributed by atoms with Crippen LogP contribution in [0, 0.1) is 0 Å². The molecule has 0 radical (unpaired) electrons. The van der Waals surface area contributed by atoms with Gasteiger partial charge in [-0.15, -0.1) is 0 Å². The molecule has 0 spiro atoms. The van der Waals surface area contributed by atoms with Crippen LogP contribution < -0.4 is 0 Å². The number of allylic oxidation sites excluding steroid dienone is 1. The Bertz CT molecular complexity index is 175. The van der Waals surface area contributed by atoms with Crippen molar-refractivity contribution in [3.05, 3.63) is 12.3 Å². The van der Waals surface area contributed by atoms with E-state index in [2.05, 4.69) is 0 Å². The highest BCUT2D eigenvalue weighted by Crippen LogP contribution is 2.12. The van der Waals surface area contributed by atoms with Gasteiger partial charge in [-0.05, 0) is 18.9 Å². The van der Waals surface area contributed by atoms with Crippen molar-refractivity contribution in [1.82, 2.24) is 0 Å². The molecule has 0 saturated carbocycles. The Labute approximate surface area is 72.4 Å². The lowest BCUT2D eigenvalue weighted by Gasteiger charge is -2.18. The van der Waals surface area contributed by atoms with Crippen molar-refractivity contribution in [2.75, 3.05) is 0 Å². The van der Waals surface area contributed by atoms with E-state index in [1.54, 1.807) is 6.26 Å². The molecule has 3 heteroatoms. The second-order valence-electron chi connectivity index (χ2n) is 2.75. The number of hydrogen-bond acceptors (Lipinski definition) is 3. The summed E-state index contributed by atoms with van der Waals surface area (Å²) < 4.78 is 10.1. The zero-order valence-corrected chi connectivity index (χ0v) is 7.29. The molecule has 1 aliphatic rings. The number of ether oxygens (including phenoxy) is 2. The van der Waals surface area contributed by atoms with Crippen LogP contribution in [-0.4, -0.2) is 12.3 Å². The van der Waals surface area contributed by atoms with E-state index in [0.29, 0.717) is 6.42 Å². The van der Waals surface area contributed by atoms with Gasteiger partial charge in [-0.2, -0.15) is 0 Å². The highest BCUT2D eigenvalue weighted by molar-refractivity contribution is 5.69. The van der Waals surface area contributed by atoms with Crippen LogP contribution in [-0.2, 0) is 14.3 Å². The zero-order chi connectivity index (χ0) is 8.81. The molecule has 68 valence electrons. The van der Waals surface area contributed by atoms with Crippen molar-refractivity contribution >= 4 is 5.97 Å². The van der Waals surface area contributed by atoms with E-state index >= 15 is 0 Å². The second-order valence-corrected chi connectivity index (χ2v) is 2.75. The van der Waals surface area contributed by atoms with Gasteiger partial charge in [0, 0.05) is 12.8 Å². The normalized spacial score (nSPS) is 21.6. The quantitative estimate of drug-likeness (QED) is 0.607. The van der Waals surface area contributed by atoms with Gasteiger partial charge < -0.3 is 9.47 Å². The largest absolute Gasteiger partial charge is 0.463 e. The van der Waals surface area contributed by atoms with Gasteiger partial charge in [-0.3, -0.25) is 4.79 Å². The highest BCUT2D eigenvalue weighted by atomic mass is 16.7. The zero-order valence-electron chi connectivity index (χ0n) is 7.29. The SMILES string of the molecule is CCCC(=O)OC1CCC=CO1. The second kappa shape index (κ2) is 4.80. The van der Waals surface area contributed by atoms with Gasteiger partial charge >= 0.3 is 5.97 Å². The molecular weight excluding hydrogens is 156 g/mol. The molecule has 1 heterocycles. The van der Waals surface area contributed by atoms with Crippen LogP contribution in [0.3, 0.4) is 0 Å². The molecule has 0 N–H and O–H groups in total. The van der Waals surface area contributed by atoms with Crippen LogP contribution in [0.5, 0.6) is 0 Å². The minimum atomic E-state index is -0.353. The molecular formula is C9H14O3. The summed E-state index contributed by atoms with van der Waals surface area (Å²) in [5, 5.41) is 0. The first-order chi connectivity index (χ1) is 5.83. The fourth-order valence-corrected chi connectivity index (χ4v) is 1.01. The minimum Gasteiger partial charge on any atom is -0.463 e. The Balaban J connectivity index is 2.21. The van der Waals surface area contributed by atoms with E-state index in [9.17, 15) is 4.79 Å². The standard InChI is InChI=1S/C9H14O3/c1-2-5-8(10)12-9-6-3-4-7-11-9/h4,7,9H,2-3,5-6H2,1H3. The molecule has 1 aliphatic heterocycles. The van der Waals surface area contributed by atoms with Crippen LogP contribution >= 0.6 is 0 Å². The van der Waals surface area contributed by atoms with E-state index in [1.807, 2.05) is 13.0 Å². The van der Waals surface area contributed by atoms with Gasteiger partial charge in [-0.1, -0.05) is 6.92 Å². The molecule has 0 aliphatic carbocycles. The van der Waals surface area contributed by atoms with Crippen LogP contribution in [0.15, 0.2) is 12.3 Å². The molecule has 1 rings (SSSR count). The molecule has 0 saturated heterocycles. The van der Waals surface area contributed by atoms with E-state index in [0.717, 1.165) is 19.3 Å². The summed E-state index contributed by atoms with van der Waals surface area (Å²) in [4.78, 5) is 11.0. The Kier molecular flexibility index (Phi) is 3.64. The number of rotatable bonds is 3. The van der Waals surface area contributed by atoms with Gasteiger partial charge in [0.2, 0.25) is 6.29 Å². The van der Waals surface area contributed by atoms with E-state index in [1.165, 1.54) is 0 Å². The van der Waals surface area contributed by atoms with Crippen molar-refractivity contribution < 1.29 is 14.3 Å². The molecule has 1 unspecified atom stereocenters. The van der Waals surface area contributed by atoms with E-state index in [-0.39, 0.29) is 12.3 Å². The summed E-state index contributed by atoms with van der Waals surface area (Å²) in [6, 6.07) is 0. The summed E-state index contributed by atoms with van der Waals surface area (Å²) >= 11 is 0. The highest BCUT2D eigenvalue weighted by Gasteiger charge is 2.14. The average molecular weight is 170 g/mol. The molecule has 3 nitrogen and oxygen atoms in total. The first kappa shape index (κ1) is 9.10. The summed E-state index contributed by atoms with van der Waals surface area (Å²) in [6.07, 6.45) is 6.15. The van der Waals surface area contributed by atoms with Crippen LogP contribution in [0.4, 0.5) is 0 Å². The maximum absolute atomic E-state index is 11.0. The number of carbonyl (C=O) groups excluding carboxylic acids is 1. The van der Waals surface area contributed by atoms with Gasteiger partial charge in [0.05, 0.1) is 6.26 Å². The fourth-order valence-electron chi connectivity index (χ4n) is 1.01. The number of hydrogen-bond donors (Lipinski definition) is 0. The van der Waals surface area contributed by atoms with E-state index < -0.39 is 0 Å². The van der Waals surface area contributed by atoms with Gasteiger partial charge in [-0.25, -0.2) is 0 Å². The van der Waals surface area contributed by atoms with E-state index in [4.69, 9.17) is 9.47 Å². The average Bonchev–Trinajstić information content (AvgIpc) is 2.06. The van der Waals surface area contributed by atoms with Gasteiger partial charge in [0.1, 0.15) is 0 Å². The Hall–Kier alpha value is -0.990. The fraction of sp³-hybridized carbons (Fsp3) is 0.667. The summed E-state index contributed by atoms with van der Waals surface area (Å²) in [5.74, 6) is -0.169. The topological polar surface area (TPSA) is 35.5 Å². The third-order valence-electron chi connectivity index (χ3n) is 1.61. The molecule has 0 bridgehead atoms. The maximum Gasteiger partial charge on any atom is 0.308 e. The predicted octanol–water partition coefficient (Wildman–Crippen LogP) is 1.98. The monoisotopic (exact) mass is 170 g/mol. The van der Waals surface area contributed by atoms with Crippen LogP contribution in [0.1, 0.15) is 32.6 Å². The van der Waals surface area contributed by atoms with Crippen molar-refractivity contribution in [2.45, 2.75) is 38.9 Å². The lowest BCUT2D eigenvalue weighted by Crippen LogP contribution is -2.20. The van der Waals surface area contributed by atoms with Crippen molar-refractivity contribution in [3.8, 4) is 0 Å². The van der Waals surface area contributed by atoms with Crippen LogP contribution in [0.25, 0.3) is 0 Å². The first-order valence-corrected chi connectivity index (χ1v) is 4.33. The van der Waals surface area contributed by atoms with Crippen molar-refractivity contribution in [3.63, 3.8) is 0 Å². The van der Waals surface area contributed by atoms with Crippen LogP contribution in [0.2, 0.25) is 0 Å². The van der Waals surface area contributed by atoms with Crippen molar-refractivity contribution in [2.24, 2.45) is 0 Å². The van der Waals surface area contributed by atoms with Crippen molar-refractivity contribution in [1.29, 1.82) is 0 Å². The third-order valence-corrected chi connectivity index (χ3v) is 1.61. The molecule has 0 amide bonds. The summed E-state index contributed by atoms with van der Waals surface area (Å²) in [7, 11) is 0. The Morgan fingerprint density at radius 3 is 3.17 bits per heavy atom. The summed E-state index contributed by atoms with van der Waals surface area (Å²) in [6.45, 7) is 1.95. The molecule has 0 fully saturated rings. The number of esters is 1. The Morgan fingerprint density at radius 2 is 2.58 bits per heavy atom. The molecule has 0 aromatic carbocycles. The number of carbonyl (C=O) groups is 1. The third kappa shape index (κ3) is 2.95. The molecule has 0 aromatic heterocycles. The lowest BCUT2D eigenvalue weighted by molar-refractivity contribution is -0.171. The predicted molar refractivity (Wildman–Crippen MR) is 44.2 cm³/mol. The minimum absolute atomic E-state index is 0.169. The first-order valence-electron chi connectivity index (χ1n) is 4.33. The maximum atomic E-state index is 11.0. The molecule has 1 atom stereocenters. The lowest BCUT2D eigenvalue weighted by atomic mass is 10.2. The summed E-state index contributed by atoms with van der Waals surface area (Å²) in [5.41, 5.74) is 0. The Morgan fingerprint density at radius 1 is 1.75 bits per heavy atom. The molecule has 12 heavy (non-hydrogen) atoms. The van der Waals surface area contributed by atoms with Gasteiger partial charge in [0.15, 0.2) is 0 Å². The molecule has 0 aromatic rings. The smallest absolute Gasteiger partial charge is 0.308 e. The van der Waals surface area contributed by atoms with Gasteiger partial charge in [0.25, 0.3) is 0 Å².